The van der Waals surface area contributed by atoms with Crippen molar-refractivity contribution >= 4 is 16.7 Å². The lowest BCUT2D eigenvalue weighted by molar-refractivity contribution is 0.518. The molecule has 21 heavy (non-hydrogen) atoms. The van der Waals surface area contributed by atoms with Crippen molar-refractivity contribution in [1.82, 2.24) is 9.97 Å². The molecular formula is C16H20N4O. The zero-order valence-corrected chi connectivity index (χ0v) is 12.4. The lowest BCUT2D eigenvalue weighted by Gasteiger charge is -2.07. The fraction of sp³-hybridized carbons (Fsp3) is 0.312. The molecule has 3 aromatic rings. The van der Waals surface area contributed by atoms with Crippen molar-refractivity contribution in [2.75, 3.05) is 11.9 Å². The highest BCUT2D eigenvalue weighted by Gasteiger charge is 2.13. The first kappa shape index (κ1) is 13.7. The average Bonchev–Trinajstić information content (AvgIpc) is 3.07. The summed E-state index contributed by atoms with van der Waals surface area (Å²) in [4.78, 5) is 8.10. The molecule has 110 valence electrons. The minimum atomic E-state index is 0.627. The first-order valence-corrected chi connectivity index (χ1v) is 7.14. The number of rotatable bonds is 5. The van der Waals surface area contributed by atoms with E-state index in [1.165, 1.54) is 5.56 Å². The van der Waals surface area contributed by atoms with Crippen molar-refractivity contribution in [2.24, 2.45) is 5.73 Å². The number of nitrogens with one attached hydrogen (secondary N) is 2. The van der Waals surface area contributed by atoms with Crippen molar-refractivity contribution in [3.05, 3.63) is 47.2 Å². The summed E-state index contributed by atoms with van der Waals surface area (Å²) in [6.07, 6.45) is 2.52. The normalized spacial score (nSPS) is 11.2. The summed E-state index contributed by atoms with van der Waals surface area (Å²) in [5, 5.41) is 3.42. The van der Waals surface area contributed by atoms with Crippen molar-refractivity contribution in [3.63, 3.8) is 0 Å². The predicted octanol–water partition coefficient (Wildman–Crippen LogP) is 2.89. The molecule has 3 heterocycles. The van der Waals surface area contributed by atoms with E-state index in [1.54, 1.807) is 6.26 Å². The largest absolute Gasteiger partial charge is 0.467 e. The van der Waals surface area contributed by atoms with Gasteiger partial charge in [0, 0.05) is 17.8 Å². The molecule has 0 aliphatic heterocycles. The van der Waals surface area contributed by atoms with E-state index < -0.39 is 0 Å². The molecule has 0 bridgehead atoms. The second-order valence-electron chi connectivity index (χ2n) is 5.23. The van der Waals surface area contributed by atoms with Crippen LogP contribution < -0.4 is 11.1 Å². The molecule has 0 saturated carbocycles. The summed E-state index contributed by atoms with van der Waals surface area (Å²) in [5.74, 6) is 0.906. The topological polar surface area (TPSA) is 79.9 Å². The molecule has 5 nitrogen and oxygen atoms in total. The summed E-state index contributed by atoms with van der Waals surface area (Å²) in [6, 6.07) is 5.90. The number of aryl methyl sites for hydroxylation is 2. The molecule has 0 aliphatic rings. The number of pyridine rings is 1. The number of furan rings is 1. The van der Waals surface area contributed by atoms with E-state index in [0.29, 0.717) is 13.1 Å². The maximum absolute atomic E-state index is 5.67. The fourth-order valence-electron chi connectivity index (χ4n) is 2.59. The highest BCUT2D eigenvalue weighted by Crippen LogP contribution is 2.27. The van der Waals surface area contributed by atoms with Gasteiger partial charge in [0.2, 0.25) is 0 Å². The van der Waals surface area contributed by atoms with Gasteiger partial charge in [-0.1, -0.05) is 0 Å². The molecule has 4 N–H and O–H groups in total. The van der Waals surface area contributed by atoms with Crippen LogP contribution in [0.25, 0.3) is 11.0 Å². The zero-order valence-electron chi connectivity index (χ0n) is 12.4. The van der Waals surface area contributed by atoms with Crippen molar-refractivity contribution in [3.8, 4) is 0 Å². The summed E-state index contributed by atoms with van der Waals surface area (Å²) >= 11 is 0. The molecular weight excluding hydrogens is 264 g/mol. The third-order valence-corrected chi connectivity index (χ3v) is 3.66. The van der Waals surface area contributed by atoms with Crippen LogP contribution in [0.5, 0.6) is 0 Å². The van der Waals surface area contributed by atoms with Crippen LogP contribution in [0.2, 0.25) is 0 Å². The van der Waals surface area contributed by atoms with Crippen LogP contribution in [-0.4, -0.2) is 16.5 Å². The molecule has 3 aromatic heterocycles. The van der Waals surface area contributed by atoms with Gasteiger partial charge in [-0.2, -0.15) is 0 Å². The summed E-state index contributed by atoms with van der Waals surface area (Å²) in [5.41, 5.74) is 12.1. The Morgan fingerprint density at radius 3 is 2.95 bits per heavy atom. The van der Waals surface area contributed by atoms with Crippen LogP contribution in [0, 0.1) is 13.8 Å². The monoisotopic (exact) mass is 284 g/mol. The van der Waals surface area contributed by atoms with Crippen molar-refractivity contribution < 1.29 is 4.42 Å². The second-order valence-corrected chi connectivity index (χ2v) is 5.23. The van der Waals surface area contributed by atoms with Crippen LogP contribution in [0.3, 0.4) is 0 Å². The molecule has 0 aromatic carbocycles. The Kier molecular flexibility index (Phi) is 3.66. The molecule has 3 rings (SSSR count). The molecule has 0 unspecified atom stereocenters. The number of nitrogens with two attached hydrogens (primary N) is 1. The minimum absolute atomic E-state index is 0.627. The number of aromatic nitrogens is 2. The van der Waals surface area contributed by atoms with Gasteiger partial charge < -0.3 is 20.5 Å². The van der Waals surface area contributed by atoms with E-state index >= 15 is 0 Å². The maximum Gasteiger partial charge on any atom is 0.122 e. The van der Waals surface area contributed by atoms with Gasteiger partial charge in [0.25, 0.3) is 0 Å². The van der Waals surface area contributed by atoms with E-state index in [0.717, 1.165) is 40.3 Å². The van der Waals surface area contributed by atoms with Gasteiger partial charge >= 0.3 is 0 Å². The first-order chi connectivity index (χ1) is 10.2. The van der Waals surface area contributed by atoms with Crippen LogP contribution in [0.4, 0.5) is 5.69 Å². The second kappa shape index (κ2) is 5.61. The van der Waals surface area contributed by atoms with Crippen LogP contribution >= 0.6 is 0 Å². The van der Waals surface area contributed by atoms with E-state index in [2.05, 4.69) is 22.2 Å². The third kappa shape index (κ3) is 2.64. The van der Waals surface area contributed by atoms with Gasteiger partial charge in [0.1, 0.15) is 5.76 Å². The van der Waals surface area contributed by atoms with Gasteiger partial charge in [-0.05, 0) is 44.2 Å². The van der Waals surface area contributed by atoms with E-state index in [1.807, 2.05) is 25.1 Å². The van der Waals surface area contributed by atoms with E-state index in [9.17, 15) is 0 Å². The van der Waals surface area contributed by atoms with Gasteiger partial charge in [-0.25, -0.2) is 0 Å². The SMILES string of the molecule is Cc1cc(NCc2ccco2)c2[nH]c(CCN)c(C)c2n1. The van der Waals surface area contributed by atoms with Crippen LogP contribution in [-0.2, 0) is 13.0 Å². The van der Waals surface area contributed by atoms with Crippen molar-refractivity contribution in [2.45, 2.75) is 26.8 Å². The minimum Gasteiger partial charge on any atom is -0.467 e. The summed E-state index contributed by atoms with van der Waals surface area (Å²) in [6.45, 7) is 5.37. The maximum atomic E-state index is 5.67. The Morgan fingerprint density at radius 2 is 2.24 bits per heavy atom. The molecule has 0 amide bonds. The smallest absolute Gasteiger partial charge is 0.122 e. The number of aromatic amines is 1. The number of H-pyrrole nitrogens is 1. The van der Waals surface area contributed by atoms with Gasteiger partial charge in [-0.3, -0.25) is 4.98 Å². The van der Waals surface area contributed by atoms with E-state index in [4.69, 9.17) is 10.2 Å². The third-order valence-electron chi connectivity index (χ3n) is 3.66. The summed E-state index contributed by atoms with van der Waals surface area (Å²) in [7, 11) is 0. The van der Waals surface area contributed by atoms with Gasteiger partial charge in [-0.15, -0.1) is 0 Å². The molecule has 5 heteroatoms. The number of anilines is 1. The average molecular weight is 284 g/mol. The Hall–Kier alpha value is -2.27. The van der Waals surface area contributed by atoms with Crippen LogP contribution in [0.1, 0.15) is 22.7 Å². The van der Waals surface area contributed by atoms with Gasteiger partial charge in [0.15, 0.2) is 0 Å². The lowest BCUT2D eigenvalue weighted by atomic mass is 10.2. The molecule has 0 atom stereocenters. The predicted molar refractivity (Wildman–Crippen MR) is 84.4 cm³/mol. The first-order valence-electron chi connectivity index (χ1n) is 7.14. The molecule has 0 spiro atoms. The highest BCUT2D eigenvalue weighted by molar-refractivity contribution is 5.91. The molecule has 0 radical (unpaired) electrons. The Labute approximate surface area is 123 Å². The van der Waals surface area contributed by atoms with Crippen LogP contribution in [0.15, 0.2) is 28.9 Å². The number of fused-ring (bicyclic) bond motifs is 1. The summed E-state index contributed by atoms with van der Waals surface area (Å²) < 4.78 is 5.36. The lowest BCUT2D eigenvalue weighted by Crippen LogP contribution is -2.03. The van der Waals surface area contributed by atoms with E-state index in [-0.39, 0.29) is 0 Å². The fourth-order valence-corrected chi connectivity index (χ4v) is 2.59. The highest BCUT2D eigenvalue weighted by atomic mass is 16.3. The molecule has 0 fully saturated rings. The Balaban J connectivity index is 1.98. The number of hydrogen-bond donors (Lipinski definition) is 3. The Bertz CT molecular complexity index is 743. The number of nitrogens with zero attached hydrogens (tertiary/aromatic N) is 1. The standard InChI is InChI=1S/C16H20N4O/c1-10-8-14(18-9-12-4-3-7-21-12)16-15(19-10)11(2)13(20-16)5-6-17/h3-4,7-8,20H,5-6,9,17H2,1-2H3,(H,18,19). The molecule has 0 aliphatic carbocycles. The number of hydrogen-bond acceptors (Lipinski definition) is 4. The van der Waals surface area contributed by atoms with Gasteiger partial charge in [0.05, 0.1) is 29.5 Å². The molecule has 0 saturated heterocycles. The zero-order chi connectivity index (χ0) is 14.8. The Morgan fingerprint density at radius 1 is 1.38 bits per heavy atom. The quantitative estimate of drug-likeness (QED) is 0.673. The van der Waals surface area contributed by atoms with Crippen molar-refractivity contribution in [1.29, 1.82) is 0 Å².